The summed E-state index contributed by atoms with van der Waals surface area (Å²) in [6, 6.07) is 0.922. The summed E-state index contributed by atoms with van der Waals surface area (Å²) < 4.78 is 0. The predicted octanol–water partition coefficient (Wildman–Crippen LogP) is 1.79. The molecule has 106 valence electrons. The minimum Gasteiger partial charge on any atom is -0.315 e. The van der Waals surface area contributed by atoms with Gasteiger partial charge < -0.3 is 5.32 Å². The Morgan fingerprint density at radius 2 is 1.72 bits per heavy atom. The highest BCUT2D eigenvalue weighted by Gasteiger charge is 2.25. The number of rotatable bonds is 6. The number of piperazine rings is 1. The molecule has 0 atom stereocenters. The first-order valence-corrected chi connectivity index (χ1v) is 7.93. The molecule has 1 saturated carbocycles. The molecule has 1 saturated heterocycles. The van der Waals surface area contributed by atoms with E-state index in [2.05, 4.69) is 29.0 Å². The van der Waals surface area contributed by atoms with Crippen molar-refractivity contribution in [2.75, 3.05) is 45.8 Å². The molecule has 1 aliphatic heterocycles. The maximum absolute atomic E-state index is 3.54. The van der Waals surface area contributed by atoms with E-state index in [0.29, 0.717) is 0 Å². The van der Waals surface area contributed by atoms with Gasteiger partial charge in [-0.1, -0.05) is 26.7 Å². The van der Waals surface area contributed by atoms with E-state index in [1.807, 2.05) is 0 Å². The molecule has 0 unspecified atom stereocenters. The van der Waals surface area contributed by atoms with E-state index in [0.717, 1.165) is 25.0 Å². The van der Waals surface area contributed by atoms with Crippen molar-refractivity contribution in [1.82, 2.24) is 15.1 Å². The van der Waals surface area contributed by atoms with Crippen molar-refractivity contribution in [1.29, 1.82) is 0 Å². The maximum atomic E-state index is 3.54. The van der Waals surface area contributed by atoms with Gasteiger partial charge in [0.2, 0.25) is 0 Å². The lowest BCUT2D eigenvalue weighted by molar-refractivity contribution is 0.0983. The third kappa shape index (κ3) is 4.52. The zero-order valence-corrected chi connectivity index (χ0v) is 12.3. The quantitative estimate of drug-likeness (QED) is 0.728. The summed E-state index contributed by atoms with van der Waals surface area (Å²) in [5.74, 6) is 0.768. The van der Waals surface area contributed by atoms with Crippen molar-refractivity contribution in [2.45, 2.75) is 45.6 Å². The Balaban J connectivity index is 1.55. The smallest absolute Gasteiger partial charge is 0.0113 e. The molecule has 0 aromatic rings. The third-order valence-corrected chi connectivity index (χ3v) is 4.41. The van der Waals surface area contributed by atoms with Crippen LogP contribution in [-0.2, 0) is 0 Å². The maximum Gasteiger partial charge on any atom is 0.0113 e. The molecule has 1 heterocycles. The van der Waals surface area contributed by atoms with Crippen LogP contribution in [0.15, 0.2) is 0 Å². The second-order valence-corrected chi connectivity index (χ2v) is 6.41. The summed E-state index contributed by atoms with van der Waals surface area (Å²) in [5, 5.41) is 3.54. The summed E-state index contributed by atoms with van der Waals surface area (Å²) in [7, 11) is 0. The predicted molar refractivity (Wildman–Crippen MR) is 78.0 cm³/mol. The number of nitrogens with one attached hydrogen (secondary N) is 1. The molecule has 0 aromatic heterocycles. The van der Waals surface area contributed by atoms with E-state index in [4.69, 9.17) is 0 Å². The minimum atomic E-state index is 0.768. The van der Waals surface area contributed by atoms with Gasteiger partial charge in [-0.25, -0.2) is 0 Å². The van der Waals surface area contributed by atoms with Crippen molar-refractivity contribution < 1.29 is 0 Å². The Morgan fingerprint density at radius 3 is 2.33 bits per heavy atom. The number of hydrogen-bond donors (Lipinski definition) is 1. The van der Waals surface area contributed by atoms with E-state index in [-0.39, 0.29) is 0 Å². The summed E-state index contributed by atoms with van der Waals surface area (Å²) in [5.41, 5.74) is 0. The summed E-state index contributed by atoms with van der Waals surface area (Å²) >= 11 is 0. The lowest BCUT2D eigenvalue weighted by atomic mass is 10.2. The van der Waals surface area contributed by atoms with Gasteiger partial charge in [0.05, 0.1) is 0 Å². The molecule has 0 spiro atoms. The van der Waals surface area contributed by atoms with E-state index in [1.54, 1.807) is 0 Å². The monoisotopic (exact) mass is 253 g/mol. The molecule has 18 heavy (non-hydrogen) atoms. The van der Waals surface area contributed by atoms with Gasteiger partial charge >= 0.3 is 0 Å². The first-order chi connectivity index (χ1) is 8.75. The van der Waals surface area contributed by atoms with E-state index in [9.17, 15) is 0 Å². The van der Waals surface area contributed by atoms with Gasteiger partial charge in [0, 0.05) is 45.3 Å². The van der Waals surface area contributed by atoms with Crippen molar-refractivity contribution in [2.24, 2.45) is 5.92 Å². The molecule has 0 radical (unpaired) electrons. The molecular formula is C15H31N3. The molecule has 2 fully saturated rings. The summed E-state index contributed by atoms with van der Waals surface area (Å²) in [4.78, 5) is 5.36. The average Bonchev–Trinajstić information content (AvgIpc) is 2.89. The molecule has 3 nitrogen and oxygen atoms in total. The topological polar surface area (TPSA) is 18.5 Å². The normalized spacial score (nSPS) is 24.2. The van der Waals surface area contributed by atoms with Crippen LogP contribution in [-0.4, -0.2) is 61.7 Å². The Morgan fingerprint density at radius 1 is 1.06 bits per heavy atom. The lowest BCUT2D eigenvalue weighted by Gasteiger charge is -2.38. The molecular weight excluding hydrogens is 222 g/mol. The van der Waals surface area contributed by atoms with Crippen LogP contribution in [0.2, 0.25) is 0 Å². The standard InChI is InChI=1S/C15H31N3/c1-14(2)13-16-7-8-17-9-11-18(12-10-17)15-5-3-4-6-15/h14-16H,3-13H2,1-2H3. The largest absolute Gasteiger partial charge is 0.315 e. The van der Waals surface area contributed by atoms with Crippen LogP contribution in [0.4, 0.5) is 0 Å². The zero-order chi connectivity index (χ0) is 12.8. The Bertz CT molecular complexity index is 216. The van der Waals surface area contributed by atoms with Crippen LogP contribution in [0, 0.1) is 5.92 Å². The van der Waals surface area contributed by atoms with Gasteiger partial charge in [-0.3, -0.25) is 9.80 Å². The van der Waals surface area contributed by atoms with Gasteiger partial charge in [0.15, 0.2) is 0 Å². The van der Waals surface area contributed by atoms with Crippen molar-refractivity contribution in [3.63, 3.8) is 0 Å². The Kier molecular flexibility index (Phi) is 5.93. The minimum absolute atomic E-state index is 0.768. The van der Waals surface area contributed by atoms with Gasteiger partial charge in [-0.05, 0) is 25.3 Å². The van der Waals surface area contributed by atoms with Crippen LogP contribution >= 0.6 is 0 Å². The molecule has 0 amide bonds. The van der Waals surface area contributed by atoms with Gasteiger partial charge in [0.25, 0.3) is 0 Å². The first-order valence-electron chi connectivity index (χ1n) is 7.93. The molecule has 3 heteroatoms. The van der Waals surface area contributed by atoms with E-state index in [1.165, 1.54) is 58.4 Å². The second-order valence-electron chi connectivity index (χ2n) is 6.41. The highest BCUT2D eigenvalue weighted by molar-refractivity contribution is 4.82. The summed E-state index contributed by atoms with van der Waals surface area (Å²) in [6.45, 7) is 13.2. The van der Waals surface area contributed by atoms with Crippen LogP contribution in [0.3, 0.4) is 0 Å². The van der Waals surface area contributed by atoms with E-state index >= 15 is 0 Å². The fourth-order valence-corrected chi connectivity index (χ4v) is 3.25. The third-order valence-electron chi connectivity index (χ3n) is 4.41. The average molecular weight is 253 g/mol. The summed E-state index contributed by atoms with van der Waals surface area (Å²) in [6.07, 6.45) is 5.83. The van der Waals surface area contributed by atoms with Gasteiger partial charge in [-0.2, -0.15) is 0 Å². The fourth-order valence-electron chi connectivity index (χ4n) is 3.25. The van der Waals surface area contributed by atoms with Crippen LogP contribution in [0.25, 0.3) is 0 Å². The zero-order valence-electron chi connectivity index (χ0n) is 12.3. The number of hydrogen-bond acceptors (Lipinski definition) is 3. The molecule has 2 aliphatic rings. The molecule has 0 bridgehead atoms. The van der Waals surface area contributed by atoms with Crippen LogP contribution in [0.5, 0.6) is 0 Å². The Labute approximate surface area is 113 Å². The number of nitrogens with zero attached hydrogens (tertiary/aromatic N) is 2. The van der Waals surface area contributed by atoms with Gasteiger partial charge in [-0.15, -0.1) is 0 Å². The highest BCUT2D eigenvalue weighted by atomic mass is 15.3. The van der Waals surface area contributed by atoms with Crippen LogP contribution in [0.1, 0.15) is 39.5 Å². The van der Waals surface area contributed by atoms with Crippen molar-refractivity contribution in [3.8, 4) is 0 Å². The van der Waals surface area contributed by atoms with Crippen LogP contribution < -0.4 is 5.32 Å². The highest BCUT2D eigenvalue weighted by Crippen LogP contribution is 2.24. The first kappa shape index (κ1) is 14.3. The van der Waals surface area contributed by atoms with Gasteiger partial charge in [0.1, 0.15) is 0 Å². The molecule has 0 aromatic carbocycles. The molecule has 2 rings (SSSR count). The second kappa shape index (κ2) is 7.46. The lowest BCUT2D eigenvalue weighted by Crippen LogP contribution is -2.50. The van der Waals surface area contributed by atoms with Crippen molar-refractivity contribution in [3.05, 3.63) is 0 Å². The molecule has 1 N–H and O–H groups in total. The molecule has 1 aliphatic carbocycles. The Hall–Kier alpha value is -0.120. The SMILES string of the molecule is CC(C)CNCCN1CCN(C2CCCC2)CC1. The van der Waals surface area contributed by atoms with E-state index < -0.39 is 0 Å². The van der Waals surface area contributed by atoms with Crippen molar-refractivity contribution >= 4 is 0 Å². The fraction of sp³-hybridized carbons (Fsp3) is 1.00.